The molecule has 0 saturated carbocycles. The number of nitrogens with zero attached hydrogens (tertiary/aromatic N) is 1. The van der Waals surface area contributed by atoms with Gasteiger partial charge in [-0.15, -0.1) is 11.8 Å². The second-order valence-electron chi connectivity index (χ2n) is 4.10. The van der Waals surface area contributed by atoms with Gasteiger partial charge in [-0.2, -0.15) is 0 Å². The fourth-order valence-electron chi connectivity index (χ4n) is 1.76. The van der Waals surface area contributed by atoms with Crippen LogP contribution in [0.5, 0.6) is 0 Å². The largest absolute Gasteiger partial charge is 0.398 e. The number of hydrogen-bond donors (Lipinski definition) is 1. The molecule has 0 amide bonds. The summed E-state index contributed by atoms with van der Waals surface area (Å²) in [5.41, 5.74) is 6.75. The Hall–Kier alpha value is -0.710. The van der Waals surface area contributed by atoms with E-state index in [2.05, 4.69) is 18.0 Å². The average molecular weight is 238 g/mol. The van der Waals surface area contributed by atoms with Gasteiger partial charge in [-0.1, -0.05) is 12.1 Å². The first kappa shape index (κ1) is 11.8. The molecule has 1 aliphatic heterocycles. The van der Waals surface area contributed by atoms with Crippen molar-refractivity contribution in [3.8, 4) is 0 Å². The summed E-state index contributed by atoms with van der Waals surface area (Å²) in [5, 5.41) is 0. The first-order chi connectivity index (χ1) is 7.75. The molecule has 16 heavy (non-hydrogen) atoms. The van der Waals surface area contributed by atoms with Crippen LogP contribution in [0.4, 0.5) is 5.69 Å². The number of nitrogens with two attached hydrogens (primary N) is 1. The number of likely N-dealkylation sites (N-methyl/N-ethyl adjacent to an activating group) is 1. The zero-order chi connectivity index (χ0) is 11.4. The fraction of sp³-hybridized carbons (Fsp3) is 0.500. The molecule has 0 bridgehead atoms. The highest BCUT2D eigenvalue weighted by molar-refractivity contribution is 7.99. The minimum Gasteiger partial charge on any atom is -0.398 e. The molecule has 0 aliphatic carbocycles. The maximum absolute atomic E-state index is 5.89. The van der Waals surface area contributed by atoms with E-state index in [9.17, 15) is 0 Å². The van der Waals surface area contributed by atoms with Crippen LogP contribution >= 0.6 is 11.8 Å². The summed E-state index contributed by atoms with van der Waals surface area (Å²) in [6, 6.07) is 7.99. The summed E-state index contributed by atoms with van der Waals surface area (Å²) in [5.74, 6) is 0.971. The molecule has 2 rings (SSSR count). The van der Waals surface area contributed by atoms with E-state index in [1.807, 2.05) is 18.2 Å². The van der Waals surface area contributed by atoms with E-state index >= 15 is 0 Å². The number of ether oxygens (including phenoxy) is 1. The number of anilines is 1. The molecule has 1 aromatic rings. The van der Waals surface area contributed by atoms with Gasteiger partial charge in [0.2, 0.25) is 0 Å². The summed E-state index contributed by atoms with van der Waals surface area (Å²) in [6.45, 7) is 2.89. The van der Waals surface area contributed by atoms with Crippen LogP contribution in [0.3, 0.4) is 0 Å². The summed E-state index contributed by atoms with van der Waals surface area (Å²) in [4.78, 5) is 3.46. The lowest BCUT2D eigenvalue weighted by atomic mass is 10.3. The second kappa shape index (κ2) is 5.57. The highest BCUT2D eigenvalue weighted by atomic mass is 32.2. The number of benzene rings is 1. The molecule has 2 N–H and O–H groups in total. The topological polar surface area (TPSA) is 38.5 Å². The Kier molecular flexibility index (Phi) is 4.09. The molecule has 0 aromatic heterocycles. The number of nitrogen functional groups attached to an aromatic ring is 1. The first-order valence-corrected chi connectivity index (χ1v) is 6.51. The van der Waals surface area contributed by atoms with Gasteiger partial charge in [0.25, 0.3) is 0 Å². The molecular weight excluding hydrogens is 220 g/mol. The third-order valence-corrected chi connectivity index (χ3v) is 3.91. The van der Waals surface area contributed by atoms with Crippen molar-refractivity contribution in [1.29, 1.82) is 0 Å². The molecule has 1 heterocycles. The van der Waals surface area contributed by atoms with Crippen LogP contribution in [-0.2, 0) is 4.74 Å². The first-order valence-electron chi connectivity index (χ1n) is 5.53. The van der Waals surface area contributed by atoms with Crippen molar-refractivity contribution in [2.45, 2.75) is 11.0 Å². The van der Waals surface area contributed by atoms with E-state index < -0.39 is 0 Å². The Morgan fingerprint density at radius 2 is 2.31 bits per heavy atom. The molecular formula is C12H18N2OS. The van der Waals surface area contributed by atoms with Gasteiger partial charge < -0.3 is 15.4 Å². The monoisotopic (exact) mass is 238 g/mol. The minimum absolute atomic E-state index is 0.323. The predicted molar refractivity (Wildman–Crippen MR) is 68.8 cm³/mol. The van der Waals surface area contributed by atoms with Crippen molar-refractivity contribution in [2.75, 3.05) is 38.2 Å². The Labute approximate surface area is 101 Å². The van der Waals surface area contributed by atoms with E-state index in [1.54, 1.807) is 11.8 Å². The van der Waals surface area contributed by atoms with Crippen LogP contribution < -0.4 is 5.73 Å². The van der Waals surface area contributed by atoms with Gasteiger partial charge in [0.15, 0.2) is 0 Å². The SMILES string of the molecule is CN1CCOC(CSc2ccccc2N)C1. The molecule has 1 aliphatic rings. The summed E-state index contributed by atoms with van der Waals surface area (Å²) in [7, 11) is 2.14. The van der Waals surface area contributed by atoms with Gasteiger partial charge in [-0.3, -0.25) is 0 Å². The van der Waals surface area contributed by atoms with Gasteiger partial charge in [-0.05, 0) is 19.2 Å². The summed E-state index contributed by atoms with van der Waals surface area (Å²) < 4.78 is 5.71. The molecule has 1 atom stereocenters. The smallest absolute Gasteiger partial charge is 0.0796 e. The molecule has 1 aromatic carbocycles. The van der Waals surface area contributed by atoms with Crippen molar-refractivity contribution in [2.24, 2.45) is 0 Å². The third kappa shape index (κ3) is 3.14. The maximum Gasteiger partial charge on any atom is 0.0796 e. The van der Waals surface area contributed by atoms with Crippen LogP contribution in [0, 0.1) is 0 Å². The molecule has 0 radical (unpaired) electrons. The number of hydrogen-bond acceptors (Lipinski definition) is 4. The lowest BCUT2D eigenvalue weighted by molar-refractivity contribution is -0.00598. The normalized spacial score (nSPS) is 22.2. The number of para-hydroxylation sites is 1. The standard InChI is InChI=1S/C12H18N2OS/c1-14-6-7-15-10(8-14)9-16-12-5-3-2-4-11(12)13/h2-5,10H,6-9,13H2,1H3. The third-order valence-electron chi connectivity index (χ3n) is 2.69. The maximum atomic E-state index is 5.89. The lowest BCUT2D eigenvalue weighted by Crippen LogP contribution is -2.41. The second-order valence-corrected chi connectivity index (χ2v) is 5.17. The lowest BCUT2D eigenvalue weighted by Gasteiger charge is -2.29. The van der Waals surface area contributed by atoms with Crippen LogP contribution in [0.15, 0.2) is 29.2 Å². The molecule has 4 heteroatoms. The van der Waals surface area contributed by atoms with Crippen molar-refractivity contribution in [1.82, 2.24) is 4.90 Å². The van der Waals surface area contributed by atoms with Crippen molar-refractivity contribution < 1.29 is 4.74 Å². The van der Waals surface area contributed by atoms with E-state index in [4.69, 9.17) is 10.5 Å². The number of thioether (sulfide) groups is 1. The Bertz CT molecular complexity index is 346. The van der Waals surface area contributed by atoms with Crippen molar-refractivity contribution >= 4 is 17.4 Å². The Morgan fingerprint density at radius 1 is 1.50 bits per heavy atom. The fourth-order valence-corrected chi connectivity index (χ4v) is 2.74. The molecule has 0 spiro atoms. The zero-order valence-corrected chi connectivity index (χ0v) is 10.4. The van der Waals surface area contributed by atoms with E-state index in [0.717, 1.165) is 36.0 Å². The summed E-state index contributed by atoms with van der Waals surface area (Å²) >= 11 is 1.78. The van der Waals surface area contributed by atoms with Gasteiger partial charge in [0, 0.05) is 29.4 Å². The Balaban J connectivity index is 1.85. The van der Waals surface area contributed by atoms with Crippen molar-refractivity contribution in [3.63, 3.8) is 0 Å². The minimum atomic E-state index is 0.323. The Morgan fingerprint density at radius 3 is 3.06 bits per heavy atom. The van der Waals surface area contributed by atoms with Gasteiger partial charge in [0.05, 0.1) is 12.7 Å². The van der Waals surface area contributed by atoms with Gasteiger partial charge >= 0.3 is 0 Å². The van der Waals surface area contributed by atoms with Crippen LogP contribution in [0.1, 0.15) is 0 Å². The molecule has 1 fully saturated rings. The van der Waals surface area contributed by atoms with Gasteiger partial charge in [-0.25, -0.2) is 0 Å². The highest BCUT2D eigenvalue weighted by Gasteiger charge is 2.17. The zero-order valence-electron chi connectivity index (χ0n) is 9.56. The summed E-state index contributed by atoms with van der Waals surface area (Å²) in [6.07, 6.45) is 0.323. The highest BCUT2D eigenvalue weighted by Crippen LogP contribution is 2.25. The van der Waals surface area contributed by atoms with E-state index in [1.165, 1.54) is 0 Å². The quantitative estimate of drug-likeness (QED) is 0.642. The van der Waals surface area contributed by atoms with E-state index in [-0.39, 0.29) is 0 Å². The molecule has 1 unspecified atom stereocenters. The van der Waals surface area contributed by atoms with Crippen LogP contribution in [-0.4, -0.2) is 43.5 Å². The predicted octanol–water partition coefficient (Wildman–Crippen LogP) is 1.69. The van der Waals surface area contributed by atoms with Crippen LogP contribution in [0.25, 0.3) is 0 Å². The van der Waals surface area contributed by atoms with Crippen molar-refractivity contribution in [3.05, 3.63) is 24.3 Å². The van der Waals surface area contributed by atoms with Gasteiger partial charge in [0.1, 0.15) is 0 Å². The molecule has 1 saturated heterocycles. The average Bonchev–Trinajstić information content (AvgIpc) is 2.28. The number of morpholine rings is 1. The van der Waals surface area contributed by atoms with E-state index in [0.29, 0.717) is 6.10 Å². The molecule has 88 valence electrons. The number of rotatable bonds is 3. The van der Waals surface area contributed by atoms with Crippen LogP contribution in [0.2, 0.25) is 0 Å². The molecule has 3 nitrogen and oxygen atoms in total.